The second-order valence-corrected chi connectivity index (χ2v) is 5.49. The molecule has 0 saturated carbocycles. The first-order valence-electron chi connectivity index (χ1n) is 7.14. The number of amides is 1. The monoisotopic (exact) mass is 304 g/mol. The minimum Gasteiger partial charge on any atom is -0.479 e. The van der Waals surface area contributed by atoms with E-state index >= 15 is 0 Å². The number of carbonyl (C=O) groups excluding carboxylic acids is 1. The average Bonchev–Trinajstić information content (AvgIpc) is 2.83. The van der Waals surface area contributed by atoms with Crippen molar-refractivity contribution in [2.75, 3.05) is 6.54 Å². The third kappa shape index (κ3) is 3.28. The van der Waals surface area contributed by atoms with Crippen molar-refractivity contribution in [3.63, 3.8) is 0 Å². The molecular weight excluding hydrogens is 284 g/mol. The third-order valence-electron chi connectivity index (χ3n) is 3.65. The molecule has 2 rings (SSSR count). The minimum absolute atomic E-state index is 0.142. The highest BCUT2D eigenvalue weighted by molar-refractivity contribution is 5.89. The van der Waals surface area contributed by atoms with Gasteiger partial charge in [0.2, 0.25) is 5.91 Å². The molecule has 6 nitrogen and oxygen atoms in total. The van der Waals surface area contributed by atoms with E-state index in [-0.39, 0.29) is 18.9 Å². The number of aryl methyl sites for hydroxylation is 1. The number of aromatic nitrogens is 1. The van der Waals surface area contributed by atoms with E-state index in [1.54, 1.807) is 0 Å². The fraction of sp³-hybridized carbons (Fsp3) is 0.375. The number of hydrogen-bond acceptors (Lipinski definition) is 3. The molecule has 2 aromatic rings. The fourth-order valence-electron chi connectivity index (χ4n) is 2.31. The highest BCUT2D eigenvalue weighted by Gasteiger charge is 2.30. The molecule has 1 unspecified atom stereocenters. The lowest BCUT2D eigenvalue weighted by Gasteiger charge is -2.18. The van der Waals surface area contributed by atoms with Gasteiger partial charge in [-0.05, 0) is 25.5 Å². The van der Waals surface area contributed by atoms with Crippen molar-refractivity contribution >= 4 is 22.8 Å². The molecule has 1 amide bonds. The predicted molar refractivity (Wildman–Crippen MR) is 82.6 cm³/mol. The summed E-state index contributed by atoms with van der Waals surface area (Å²) >= 11 is 0. The van der Waals surface area contributed by atoms with Crippen LogP contribution in [-0.2, 0) is 22.6 Å². The van der Waals surface area contributed by atoms with Gasteiger partial charge in [0.05, 0.1) is 13.0 Å². The lowest BCUT2D eigenvalue weighted by atomic mass is 10.1. The van der Waals surface area contributed by atoms with Gasteiger partial charge >= 0.3 is 5.97 Å². The molecule has 118 valence electrons. The summed E-state index contributed by atoms with van der Waals surface area (Å²) in [5.41, 5.74) is -0.0252. The Morgan fingerprint density at radius 3 is 2.64 bits per heavy atom. The highest BCUT2D eigenvalue weighted by Crippen LogP contribution is 2.21. The Kier molecular flexibility index (Phi) is 4.51. The third-order valence-corrected chi connectivity index (χ3v) is 3.65. The van der Waals surface area contributed by atoms with E-state index in [1.807, 2.05) is 37.4 Å². The summed E-state index contributed by atoms with van der Waals surface area (Å²) in [6.07, 6.45) is 2.07. The van der Waals surface area contributed by atoms with Crippen molar-refractivity contribution in [3.8, 4) is 0 Å². The summed E-state index contributed by atoms with van der Waals surface area (Å²) in [5.74, 6) is -1.68. The van der Waals surface area contributed by atoms with Crippen LogP contribution in [0.2, 0.25) is 0 Å². The maximum atomic E-state index is 12.0. The van der Waals surface area contributed by atoms with Gasteiger partial charge in [0.25, 0.3) is 0 Å². The van der Waals surface area contributed by atoms with Gasteiger partial charge in [0, 0.05) is 23.6 Å². The maximum absolute atomic E-state index is 12.0. The highest BCUT2D eigenvalue weighted by atomic mass is 16.4. The molecule has 0 aliphatic rings. The largest absolute Gasteiger partial charge is 0.479 e. The molecule has 0 aliphatic carbocycles. The quantitative estimate of drug-likeness (QED) is 0.746. The number of fused-ring (bicyclic) bond motifs is 1. The lowest BCUT2D eigenvalue weighted by molar-refractivity contribution is -0.156. The van der Waals surface area contributed by atoms with Crippen molar-refractivity contribution in [2.45, 2.75) is 32.4 Å². The van der Waals surface area contributed by atoms with Crippen molar-refractivity contribution < 1.29 is 19.8 Å². The zero-order chi connectivity index (χ0) is 16.3. The Bertz CT molecular complexity index is 703. The summed E-state index contributed by atoms with van der Waals surface area (Å²) in [6, 6.07) is 7.81. The smallest absolute Gasteiger partial charge is 0.337 e. The first-order valence-corrected chi connectivity index (χ1v) is 7.14. The second kappa shape index (κ2) is 6.19. The average molecular weight is 304 g/mol. The van der Waals surface area contributed by atoms with Crippen molar-refractivity contribution in [3.05, 3.63) is 36.0 Å². The Labute approximate surface area is 128 Å². The number of aliphatic carboxylic acids is 1. The Balaban J connectivity index is 2.11. The molecule has 3 N–H and O–H groups in total. The summed E-state index contributed by atoms with van der Waals surface area (Å²) < 4.78 is 2.06. The van der Waals surface area contributed by atoms with Crippen LogP contribution in [0.15, 0.2) is 30.5 Å². The molecular formula is C16H20N2O4. The van der Waals surface area contributed by atoms with E-state index in [2.05, 4.69) is 9.88 Å². The van der Waals surface area contributed by atoms with Crippen molar-refractivity contribution in [1.82, 2.24) is 9.88 Å². The number of para-hydroxylation sites is 1. The Morgan fingerprint density at radius 1 is 1.32 bits per heavy atom. The van der Waals surface area contributed by atoms with Gasteiger partial charge in [-0.25, -0.2) is 4.79 Å². The number of hydrogen-bond donors (Lipinski definition) is 3. The van der Waals surface area contributed by atoms with E-state index in [0.717, 1.165) is 29.9 Å². The molecule has 0 aliphatic heterocycles. The predicted octanol–water partition coefficient (Wildman–Crippen LogP) is 1.16. The van der Waals surface area contributed by atoms with Crippen LogP contribution in [0.25, 0.3) is 10.9 Å². The molecule has 0 bridgehead atoms. The number of nitrogens with one attached hydrogen (secondary N) is 1. The molecule has 6 heteroatoms. The topological polar surface area (TPSA) is 91.6 Å². The van der Waals surface area contributed by atoms with E-state index in [9.17, 15) is 14.7 Å². The van der Waals surface area contributed by atoms with E-state index in [1.165, 1.54) is 0 Å². The van der Waals surface area contributed by atoms with Crippen LogP contribution in [0.1, 0.15) is 19.4 Å². The Morgan fingerprint density at radius 2 is 2.00 bits per heavy atom. The summed E-state index contributed by atoms with van der Waals surface area (Å²) in [5, 5.41) is 21.9. The van der Waals surface area contributed by atoms with Gasteiger partial charge < -0.3 is 20.1 Å². The zero-order valence-corrected chi connectivity index (χ0v) is 12.7. The van der Waals surface area contributed by atoms with Crippen LogP contribution in [0.4, 0.5) is 0 Å². The molecule has 1 aromatic heterocycles. The van der Waals surface area contributed by atoms with Crippen LogP contribution in [0.3, 0.4) is 0 Å². The second-order valence-electron chi connectivity index (χ2n) is 5.49. The van der Waals surface area contributed by atoms with Crippen LogP contribution in [0, 0.1) is 0 Å². The van der Waals surface area contributed by atoms with Crippen LogP contribution in [-0.4, -0.2) is 38.8 Å². The van der Waals surface area contributed by atoms with E-state index in [0.29, 0.717) is 0 Å². The lowest BCUT2D eigenvalue weighted by Crippen LogP contribution is -2.46. The fourth-order valence-corrected chi connectivity index (χ4v) is 2.31. The van der Waals surface area contributed by atoms with Gasteiger partial charge in [-0.2, -0.15) is 0 Å². The molecule has 0 saturated heterocycles. The normalized spacial score (nSPS) is 13.8. The van der Waals surface area contributed by atoms with Crippen LogP contribution < -0.4 is 5.32 Å². The number of nitrogens with zero attached hydrogens (tertiary/aromatic N) is 1. The first-order chi connectivity index (χ1) is 10.3. The molecule has 22 heavy (non-hydrogen) atoms. The molecule has 1 aromatic carbocycles. The van der Waals surface area contributed by atoms with E-state index < -0.39 is 11.6 Å². The van der Waals surface area contributed by atoms with Crippen LogP contribution in [0.5, 0.6) is 0 Å². The summed E-state index contributed by atoms with van der Waals surface area (Å²) in [4.78, 5) is 22.8. The molecule has 0 fully saturated rings. The molecule has 0 radical (unpaired) electrons. The van der Waals surface area contributed by atoms with Gasteiger partial charge in [0.1, 0.15) is 0 Å². The molecule has 1 atom stereocenters. The number of rotatable bonds is 6. The standard InChI is InChI=1S/C16H20N2O4/c1-3-18-9-11(12-6-4-5-7-13(12)18)8-14(19)17-10-16(2,22)15(20)21/h4-7,9,22H,3,8,10H2,1-2H3,(H,17,19)(H,20,21). The molecule has 0 spiro atoms. The maximum Gasteiger partial charge on any atom is 0.337 e. The summed E-state index contributed by atoms with van der Waals surface area (Å²) in [6.45, 7) is 3.66. The number of carbonyl (C=O) groups is 2. The first kappa shape index (κ1) is 16.0. The van der Waals surface area contributed by atoms with Gasteiger partial charge in [-0.3, -0.25) is 4.79 Å². The number of benzene rings is 1. The van der Waals surface area contributed by atoms with E-state index in [4.69, 9.17) is 5.11 Å². The zero-order valence-electron chi connectivity index (χ0n) is 12.7. The van der Waals surface area contributed by atoms with Crippen molar-refractivity contribution in [1.29, 1.82) is 0 Å². The van der Waals surface area contributed by atoms with Crippen molar-refractivity contribution in [2.24, 2.45) is 0 Å². The van der Waals surface area contributed by atoms with Gasteiger partial charge in [-0.15, -0.1) is 0 Å². The molecule has 1 heterocycles. The van der Waals surface area contributed by atoms with Crippen LogP contribution >= 0.6 is 0 Å². The number of carboxylic acid groups (broad SMARTS) is 1. The number of aliphatic hydroxyl groups is 1. The SMILES string of the molecule is CCn1cc(CC(=O)NCC(C)(O)C(=O)O)c2ccccc21. The number of carboxylic acids is 1. The summed E-state index contributed by atoms with van der Waals surface area (Å²) in [7, 11) is 0. The Hall–Kier alpha value is -2.34. The van der Waals surface area contributed by atoms with Gasteiger partial charge in [-0.1, -0.05) is 18.2 Å². The minimum atomic E-state index is -1.97. The van der Waals surface area contributed by atoms with Gasteiger partial charge in [0.15, 0.2) is 5.60 Å².